The number of sulfone groups is 1. The van der Waals surface area contributed by atoms with Gasteiger partial charge in [0.15, 0.2) is 9.84 Å². The van der Waals surface area contributed by atoms with Gasteiger partial charge in [-0.05, 0) is 43.9 Å². The summed E-state index contributed by atoms with van der Waals surface area (Å²) >= 11 is 6.18. The minimum atomic E-state index is -3.02. The van der Waals surface area contributed by atoms with Crippen LogP contribution in [-0.2, 0) is 19.4 Å². The van der Waals surface area contributed by atoms with Gasteiger partial charge < -0.3 is 10.1 Å². The van der Waals surface area contributed by atoms with E-state index < -0.39 is 9.84 Å². The molecule has 1 N–H and O–H groups in total. The fourth-order valence-corrected chi connectivity index (χ4v) is 5.60. The second-order valence-electron chi connectivity index (χ2n) is 7.15. The van der Waals surface area contributed by atoms with Gasteiger partial charge in [-0.25, -0.2) is 8.42 Å². The number of carbonyl (C=O) groups is 1. The SMILES string of the molecule is Cc1ccc(NC(=O)CN(CC2CCCO2)C2CCS(=O)(=O)C2)c(Cl)c1. The Kier molecular flexibility index (Phi) is 6.22. The summed E-state index contributed by atoms with van der Waals surface area (Å²) in [7, 11) is -3.02. The molecule has 2 saturated heterocycles. The van der Waals surface area contributed by atoms with Crippen LogP contribution in [0, 0.1) is 6.92 Å². The lowest BCUT2D eigenvalue weighted by molar-refractivity contribution is -0.118. The number of nitrogens with zero attached hydrogens (tertiary/aromatic N) is 1. The first-order chi connectivity index (χ1) is 12.3. The highest BCUT2D eigenvalue weighted by atomic mass is 35.5. The Labute approximate surface area is 159 Å². The lowest BCUT2D eigenvalue weighted by Crippen LogP contribution is -2.45. The van der Waals surface area contributed by atoms with E-state index >= 15 is 0 Å². The number of anilines is 1. The molecule has 6 nitrogen and oxygen atoms in total. The summed E-state index contributed by atoms with van der Waals surface area (Å²) in [5.41, 5.74) is 1.59. The lowest BCUT2D eigenvalue weighted by Gasteiger charge is -2.29. The van der Waals surface area contributed by atoms with Crippen LogP contribution >= 0.6 is 11.6 Å². The maximum atomic E-state index is 12.6. The van der Waals surface area contributed by atoms with Gasteiger partial charge in [-0.3, -0.25) is 9.69 Å². The highest BCUT2D eigenvalue weighted by Crippen LogP contribution is 2.24. The van der Waals surface area contributed by atoms with E-state index in [1.54, 1.807) is 12.1 Å². The van der Waals surface area contributed by atoms with Gasteiger partial charge in [0.2, 0.25) is 5.91 Å². The molecule has 8 heteroatoms. The molecule has 0 bridgehead atoms. The number of amides is 1. The maximum Gasteiger partial charge on any atom is 0.238 e. The highest BCUT2D eigenvalue weighted by Gasteiger charge is 2.34. The number of ether oxygens (including phenoxy) is 1. The van der Waals surface area contributed by atoms with Crippen LogP contribution in [0.2, 0.25) is 5.02 Å². The molecule has 2 aliphatic rings. The van der Waals surface area contributed by atoms with E-state index in [1.165, 1.54) is 0 Å². The molecule has 2 atom stereocenters. The third-order valence-electron chi connectivity index (χ3n) is 4.93. The van der Waals surface area contributed by atoms with Crippen LogP contribution in [-0.4, -0.2) is 62.6 Å². The number of halogens is 1. The standard InChI is InChI=1S/C18H25ClN2O4S/c1-13-4-5-17(16(19)9-13)20-18(22)11-21(10-15-3-2-7-25-15)14-6-8-26(23,24)12-14/h4-5,9,14-15H,2-3,6-8,10-12H2,1H3,(H,20,22). The Morgan fingerprint density at radius 2 is 2.19 bits per heavy atom. The van der Waals surface area contributed by atoms with Gasteiger partial charge in [0.05, 0.1) is 34.9 Å². The van der Waals surface area contributed by atoms with Gasteiger partial charge in [0.1, 0.15) is 0 Å². The Morgan fingerprint density at radius 1 is 1.38 bits per heavy atom. The zero-order chi connectivity index (χ0) is 18.7. The Hall–Kier alpha value is -1.15. The molecule has 0 aromatic heterocycles. The van der Waals surface area contributed by atoms with Crippen molar-refractivity contribution in [2.45, 2.75) is 38.3 Å². The third-order valence-corrected chi connectivity index (χ3v) is 7.00. The molecule has 0 spiro atoms. The number of hydrogen-bond acceptors (Lipinski definition) is 5. The summed E-state index contributed by atoms with van der Waals surface area (Å²) in [5.74, 6) is 0.0988. The first-order valence-electron chi connectivity index (χ1n) is 8.94. The molecule has 26 heavy (non-hydrogen) atoms. The van der Waals surface area contributed by atoms with Crippen LogP contribution in [0.1, 0.15) is 24.8 Å². The van der Waals surface area contributed by atoms with Gasteiger partial charge in [0, 0.05) is 19.2 Å². The smallest absolute Gasteiger partial charge is 0.238 e. The van der Waals surface area contributed by atoms with Crippen LogP contribution in [0.25, 0.3) is 0 Å². The molecule has 1 aromatic carbocycles. The number of rotatable bonds is 6. The Bertz CT molecular complexity index is 762. The number of benzene rings is 1. The number of hydrogen-bond donors (Lipinski definition) is 1. The normalized spacial score (nSPS) is 24.9. The Balaban J connectivity index is 1.66. The van der Waals surface area contributed by atoms with Crippen molar-refractivity contribution in [3.63, 3.8) is 0 Å². The van der Waals surface area contributed by atoms with E-state index in [9.17, 15) is 13.2 Å². The minimum Gasteiger partial charge on any atom is -0.377 e. The summed E-state index contributed by atoms with van der Waals surface area (Å²) in [6.45, 7) is 3.37. The quantitative estimate of drug-likeness (QED) is 0.792. The van der Waals surface area contributed by atoms with Crippen molar-refractivity contribution in [1.29, 1.82) is 0 Å². The monoisotopic (exact) mass is 400 g/mol. The van der Waals surface area contributed by atoms with E-state index in [4.69, 9.17) is 16.3 Å². The summed E-state index contributed by atoms with van der Waals surface area (Å²) in [6, 6.07) is 5.32. The summed E-state index contributed by atoms with van der Waals surface area (Å²) in [4.78, 5) is 14.5. The number of nitrogens with one attached hydrogen (secondary N) is 1. The van der Waals surface area contributed by atoms with Crippen LogP contribution in [0.5, 0.6) is 0 Å². The molecular formula is C18H25ClN2O4S. The zero-order valence-corrected chi connectivity index (χ0v) is 16.5. The summed E-state index contributed by atoms with van der Waals surface area (Å²) in [6.07, 6.45) is 2.58. The van der Waals surface area contributed by atoms with Gasteiger partial charge in [-0.1, -0.05) is 17.7 Å². The van der Waals surface area contributed by atoms with Crippen molar-refractivity contribution in [3.8, 4) is 0 Å². The predicted octanol–water partition coefficient (Wildman–Crippen LogP) is 2.26. The second-order valence-corrected chi connectivity index (χ2v) is 9.79. The fraction of sp³-hybridized carbons (Fsp3) is 0.611. The van der Waals surface area contributed by atoms with Crippen molar-refractivity contribution in [2.24, 2.45) is 0 Å². The fourth-order valence-electron chi connectivity index (χ4n) is 3.55. The molecule has 0 aliphatic carbocycles. The Morgan fingerprint density at radius 3 is 2.81 bits per heavy atom. The lowest BCUT2D eigenvalue weighted by atomic mass is 10.1. The van der Waals surface area contributed by atoms with Crippen molar-refractivity contribution in [3.05, 3.63) is 28.8 Å². The molecule has 1 aromatic rings. The van der Waals surface area contributed by atoms with Crippen molar-refractivity contribution >= 4 is 33.0 Å². The zero-order valence-electron chi connectivity index (χ0n) is 14.9. The van der Waals surface area contributed by atoms with Crippen molar-refractivity contribution < 1.29 is 17.9 Å². The van der Waals surface area contributed by atoms with Gasteiger partial charge in [0.25, 0.3) is 0 Å². The van der Waals surface area contributed by atoms with E-state index in [-0.39, 0.29) is 36.1 Å². The van der Waals surface area contributed by atoms with Crippen LogP contribution in [0.4, 0.5) is 5.69 Å². The molecule has 0 saturated carbocycles. The topological polar surface area (TPSA) is 75.7 Å². The molecule has 2 unspecified atom stereocenters. The summed E-state index contributed by atoms with van der Waals surface area (Å²) < 4.78 is 29.4. The minimum absolute atomic E-state index is 0.0640. The van der Waals surface area contributed by atoms with Gasteiger partial charge >= 0.3 is 0 Å². The average Bonchev–Trinajstić information content (AvgIpc) is 3.19. The molecule has 3 rings (SSSR count). The van der Waals surface area contributed by atoms with Crippen LogP contribution in [0.3, 0.4) is 0 Å². The predicted molar refractivity (Wildman–Crippen MR) is 102 cm³/mol. The number of aryl methyl sites for hydroxylation is 1. The third kappa shape index (κ3) is 5.19. The number of carbonyl (C=O) groups excluding carboxylic acids is 1. The molecular weight excluding hydrogens is 376 g/mol. The second kappa shape index (κ2) is 8.25. The van der Waals surface area contributed by atoms with Crippen LogP contribution < -0.4 is 5.32 Å². The molecule has 1 amide bonds. The van der Waals surface area contributed by atoms with Crippen molar-refractivity contribution in [1.82, 2.24) is 4.90 Å². The highest BCUT2D eigenvalue weighted by molar-refractivity contribution is 7.91. The van der Waals surface area contributed by atoms with Crippen molar-refractivity contribution in [2.75, 3.05) is 36.5 Å². The first kappa shape index (κ1) is 19.6. The van der Waals surface area contributed by atoms with E-state index in [0.717, 1.165) is 25.0 Å². The summed E-state index contributed by atoms with van der Waals surface area (Å²) in [5, 5.41) is 3.33. The molecule has 144 valence electrons. The van der Waals surface area contributed by atoms with Crippen LogP contribution in [0.15, 0.2) is 18.2 Å². The van der Waals surface area contributed by atoms with Gasteiger partial charge in [-0.2, -0.15) is 0 Å². The molecule has 2 fully saturated rings. The molecule has 2 aliphatic heterocycles. The van der Waals surface area contributed by atoms with E-state index in [2.05, 4.69) is 5.32 Å². The maximum absolute atomic E-state index is 12.6. The molecule has 2 heterocycles. The first-order valence-corrected chi connectivity index (χ1v) is 11.1. The largest absolute Gasteiger partial charge is 0.377 e. The van der Waals surface area contributed by atoms with E-state index in [0.29, 0.717) is 23.7 Å². The van der Waals surface area contributed by atoms with E-state index in [1.807, 2.05) is 17.9 Å². The molecule has 0 radical (unpaired) electrons. The van der Waals surface area contributed by atoms with Gasteiger partial charge in [-0.15, -0.1) is 0 Å². The average molecular weight is 401 g/mol.